The number of carbonyl (C=O) groups is 1. The molecule has 0 aliphatic carbocycles. The van der Waals surface area contributed by atoms with Gasteiger partial charge in [0.2, 0.25) is 0 Å². The van der Waals surface area contributed by atoms with Crippen LogP contribution in [0.1, 0.15) is 29.9 Å². The summed E-state index contributed by atoms with van der Waals surface area (Å²) < 4.78 is 0. The molecule has 0 aliphatic heterocycles. The van der Waals surface area contributed by atoms with Gasteiger partial charge in [-0.1, -0.05) is 18.2 Å². The Morgan fingerprint density at radius 3 is 2.68 bits per heavy atom. The van der Waals surface area contributed by atoms with Gasteiger partial charge in [-0.15, -0.1) is 0 Å². The number of anilines is 1. The van der Waals surface area contributed by atoms with E-state index in [1.807, 2.05) is 24.4 Å². The van der Waals surface area contributed by atoms with Gasteiger partial charge in [0, 0.05) is 36.7 Å². The number of aromatic nitrogens is 2. The Bertz CT molecular complexity index is 834. The predicted molar refractivity (Wildman–Crippen MR) is 102 cm³/mol. The fourth-order valence-corrected chi connectivity index (χ4v) is 3.04. The molecular formula is C20H24N4O. The number of para-hydroxylation sites is 1. The van der Waals surface area contributed by atoms with E-state index in [0.717, 1.165) is 30.7 Å². The number of rotatable bonds is 7. The molecule has 5 heteroatoms. The van der Waals surface area contributed by atoms with Crippen LogP contribution < -0.4 is 10.2 Å². The number of nitrogens with one attached hydrogen (secondary N) is 2. The van der Waals surface area contributed by atoms with Crippen molar-refractivity contribution >= 4 is 22.5 Å². The minimum Gasteiger partial charge on any atom is -0.371 e. The quantitative estimate of drug-likeness (QED) is 0.695. The fraction of sp³-hybridized carbons (Fsp3) is 0.300. The molecule has 0 aliphatic rings. The Morgan fingerprint density at radius 1 is 1.16 bits per heavy atom. The van der Waals surface area contributed by atoms with Crippen LogP contribution in [0.2, 0.25) is 0 Å². The molecule has 0 saturated heterocycles. The van der Waals surface area contributed by atoms with Crippen LogP contribution in [0.5, 0.6) is 0 Å². The Hall–Kier alpha value is -2.82. The lowest BCUT2D eigenvalue weighted by molar-refractivity contribution is 0.0949. The molecule has 2 heterocycles. The van der Waals surface area contributed by atoms with Crippen molar-refractivity contribution in [2.45, 2.75) is 20.3 Å². The number of aromatic amines is 1. The second kappa shape index (κ2) is 7.83. The van der Waals surface area contributed by atoms with Crippen LogP contribution in [-0.2, 0) is 6.42 Å². The lowest BCUT2D eigenvalue weighted by Gasteiger charge is -2.20. The summed E-state index contributed by atoms with van der Waals surface area (Å²) in [4.78, 5) is 22.0. The maximum atomic E-state index is 12.3. The van der Waals surface area contributed by atoms with Crippen molar-refractivity contribution in [3.8, 4) is 0 Å². The lowest BCUT2D eigenvalue weighted by Crippen LogP contribution is -2.27. The third-order valence-electron chi connectivity index (χ3n) is 4.46. The van der Waals surface area contributed by atoms with Gasteiger partial charge in [0.15, 0.2) is 0 Å². The number of benzene rings is 1. The lowest BCUT2D eigenvalue weighted by atomic mass is 10.1. The van der Waals surface area contributed by atoms with Crippen molar-refractivity contribution in [2.24, 2.45) is 0 Å². The average molecular weight is 336 g/mol. The van der Waals surface area contributed by atoms with E-state index in [-0.39, 0.29) is 5.91 Å². The van der Waals surface area contributed by atoms with Gasteiger partial charge >= 0.3 is 0 Å². The van der Waals surface area contributed by atoms with Crippen LogP contribution in [0, 0.1) is 0 Å². The number of carbonyl (C=O) groups excluding carboxylic acids is 1. The van der Waals surface area contributed by atoms with Gasteiger partial charge in [0.25, 0.3) is 5.91 Å². The first kappa shape index (κ1) is 17.0. The van der Waals surface area contributed by atoms with Crippen molar-refractivity contribution in [2.75, 3.05) is 24.5 Å². The van der Waals surface area contributed by atoms with E-state index in [4.69, 9.17) is 0 Å². The summed E-state index contributed by atoms with van der Waals surface area (Å²) in [6, 6.07) is 11.9. The zero-order chi connectivity index (χ0) is 17.6. The van der Waals surface area contributed by atoms with E-state index in [0.29, 0.717) is 12.2 Å². The highest BCUT2D eigenvalue weighted by molar-refractivity contribution is 5.92. The van der Waals surface area contributed by atoms with Crippen molar-refractivity contribution in [3.05, 3.63) is 60.0 Å². The molecule has 3 aromatic rings. The van der Waals surface area contributed by atoms with Gasteiger partial charge in [0.05, 0.1) is 11.9 Å². The number of hydrogen-bond donors (Lipinski definition) is 2. The van der Waals surface area contributed by atoms with E-state index < -0.39 is 0 Å². The Balaban J connectivity index is 1.57. The topological polar surface area (TPSA) is 61.0 Å². The molecule has 130 valence electrons. The molecule has 0 spiro atoms. The summed E-state index contributed by atoms with van der Waals surface area (Å²) in [5, 5.41) is 4.16. The standard InChI is InChI=1S/C20H24N4O/c1-3-24(4-2)16-9-10-19(23-14-16)20(25)21-12-11-15-13-22-18-8-6-5-7-17(15)18/h5-10,13-14,22H,3-4,11-12H2,1-2H3,(H,21,25). The normalized spacial score (nSPS) is 10.8. The molecular weight excluding hydrogens is 312 g/mol. The maximum absolute atomic E-state index is 12.3. The van der Waals surface area contributed by atoms with Gasteiger partial charge in [-0.3, -0.25) is 4.79 Å². The molecule has 2 N–H and O–H groups in total. The van der Waals surface area contributed by atoms with Gasteiger partial charge in [-0.05, 0) is 44.0 Å². The van der Waals surface area contributed by atoms with Crippen molar-refractivity contribution in [1.82, 2.24) is 15.3 Å². The fourth-order valence-electron chi connectivity index (χ4n) is 3.04. The highest BCUT2D eigenvalue weighted by Gasteiger charge is 2.09. The SMILES string of the molecule is CCN(CC)c1ccc(C(=O)NCCc2c[nH]c3ccccc23)nc1. The molecule has 2 aromatic heterocycles. The summed E-state index contributed by atoms with van der Waals surface area (Å²) in [5.74, 6) is -0.133. The van der Waals surface area contributed by atoms with Crippen molar-refractivity contribution < 1.29 is 4.79 Å². The number of fused-ring (bicyclic) bond motifs is 1. The first-order valence-electron chi connectivity index (χ1n) is 8.77. The Morgan fingerprint density at radius 2 is 1.96 bits per heavy atom. The first-order chi connectivity index (χ1) is 12.2. The molecule has 0 atom stereocenters. The van der Waals surface area contributed by atoms with E-state index in [1.165, 1.54) is 10.9 Å². The van der Waals surface area contributed by atoms with E-state index in [9.17, 15) is 4.79 Å². The van der Waals surface area contributed by atoms with E-state index in [2.05, 4.69) is 46.2 Å². The minimum atomic E-state index is -0.133. The van der Waals surface area contributed by atoms with E-state index in [1.54, 1.807) is 12.3 Å². The molecule has 1 amide bonds. The zero-order valence-electron chi connectivity index (χ0n) is 14.7. The van der Waals surface area contributed by atoms with Crippen LogP contribution in [0.25, 0.3) is 10.9 Å². The molecule has 0 bridgehead atoms. The predicted octanol–water partition coefficient (Wildman–Crippen LogP) is 3.38. The number of amides is 1. The number of hydrogen-bond acceptors (Lipinski definition) is 3. The van der Waals surface area contributed by atoms with Gasteiger partial charge in [-0.2, -0.15) is 0 Å². The van der Waals surface area contributed by atoms with Crippen LogP contribution >= 0.6 is 0 Å². The number of pyridine rings is 1. The van der Waals surface area contributed by atoms with Crippen molar-refractivity contribution in [1.29, 1.82) is 0 Å². The van der Waals surface area contributed by atoms with Crippen molar-refractivity contribution in [3.63, 3.8) is 0 Å². The highest BCUT2D eigenvalue weighted by Crippen LogP contribution is 2.17. The third-order valence-corrected chi connectivity index (χ3v) is 4.46. The second-order valence-corrected chi connectivity index (χ2v) is 5.94. The van der Waals surface area contributed by atoms with Crippen LogP contribution in [0.3, 0.4) is 0 Å². The maximum Gasteiger partial charge on any atom is 0.269 e. The molecule has 25 heavy (non-hydrogen) atoms. The Kier molecular flexibility index (Phi) is 5.33. The summed E-state index contributed by atoms with van der Waals surface area (Å²) >= 11 is 0. The van der Waals surface area contributed by atoms with Gasteiger partial charge in [0.1, 0.15) is 5.69 Å². The monoisotopic (exact) mass is 336 g/mol. The summed E-state index contributed by atoms with van der Waals surface area (Å²) in [5.41, 5.74) is 3.83. The molecule has 0 saturated carbocycles. The summed E-state index contributed by atoms with van der Waals surface area (Å²) in [6.45, 7) is 6.65. The van der Waals surface area contributed by atoms with Gasteiger partial charge < -0.3 is 15.2 Å². The average Bonchev–Trinajstić information content (AvgIpc) is 3.06. The van der Waals surface area contributed by atoms with E-state index >= 15 is 0 Å². The van der Waals surface area contributed by atoms with Gasteiger partial charge in [-0.25, -0.2) is 4.98 Å². The number of nitrogens with zero attached hydrogens (tertiary/aromatic N) is 2. The summed E-state index contributed by atoms with van der Waals surface area (Å²) in [7, 11) is 0. The van der Waals surface area contributed by atoms with Crippen LogP contribution in [-0.4, -0.2) is 35.5 Å². The highest BCUT2D eigenvalue weighted by atomic mass is 16.1. The third kappa shape index (κ3) is 3.82. The first-order valence-corrected chi connectivity index (χ1v) is 8.77. The molecule has 0 radical (unpaired) electrons. The zero-order valence-corrected chi connectivity index (χ0v) is 14.7. The largest absolute Gasteiger partial charge is 0.371 e. The molecule has 3 rings (SSSR count). The molecule has 0 unspecified atom stereocenters. The van der Waals surface area contributed by atoms with Crippen LogP contribution in [0.15, 0.2) is 48.8 Å². The van der Waals surface area contributed by atoms with Crippen LogP contribution in [0.4, 0.5) is 5.69 Å². The second-order valence-electron chi connectivity index (χ2n) is 5.94. The minimum absolute atomic E-state index is 0.133. The molecule has 1 aromatic carbocycles. The Labute approximate surface area is 148 Å². The molecule has 0 fully saturated rings. The summed E-state index contributed by atoms with van der Waals surface area (Å²) in [6.07, 6.45) is 4.56. The number of H-pyrrole nitrogens is 1. The molecule has 5 nitrogen and oxygen atoms in total. The smallest absolute Gasteiger partial charge is 0.269 e.